The molecule has 0 radical (unpaired) electrons. The number of hydrogen-bond acceptors (Lipinski definition) is 10. The number of rotatable bonds is 22. The van der Waals surface area contributed by atoms with Crippen LogP contribution in [0.15, 0.2) is 291 Å². The van der Waals surface area contributed by atoms with E-state index in [-0.39, 0.29) is 79.4 Å². The van der Waals surface area contributed by atoms with E-state index in [1.165, 1.54) is 0 Å². The van der Waals surface area contributed by atoms with Gasteiger partial charge in [0, 0.05) is 54.7 Å². The Morgan fingerprint density at radius 2 is 0.376 bits per heavy atom. The van der Waals surface area contributed by atoms with Crippen LogP contribution in [-0.2, 0) is 38.5 Å². The van der Waals surface area contributed by atoms with Crippen molar-refractivity contribution in [3.63, 3.8) is 0 Å². The fourth-order valence-corrected chi connectivity index (χ4v) is 15.2. The maximum atomic E-state index is 15.7. The normalized spacial score (nSPS) is 12.4. The zero-order valence-electron chi connectivity index (χ0n) is 63.5. The highest BCUT2D eigenvalue weighted by molar-refractivity contribution is 6.13. The van der Waals surface area contributed by atoms with Gasteiger partial charge in [-0.1, -0.05) is 277 Å². The van der Waals surface area contributed by atoms with Crippen LogP contribution in [0.5, 0.6) is 46.0 Å². The van der Waals surface area contributed by atoms with E-state index in [9.17, 15) is 35.7 Å². The fourth-order valence-electron chi connectivity index (χ4n) is 15.2. The van der Waals surface area contributed by atoms with Gasteiger partial charge in [0.15, 0.2) is 0 Å². The average molecular weight is 1450 g/mol. The molecule has 550 valence electrons. The van der Waals surface area contributed by atoms with Crippen molar-refractivity contribution in [2.45, 2.75) is 122 Å². The van der Waals surface area contributed by atoms with Gasteiger partial charge >= 0.3 is 11.9 Å². The van der Waals surface area contributed by atoms with Crippen LogP contribution in [-0.4, -0.2) is 46.8 Å². The van der Waals surface area contributed by atoms with E-state index in [4.69, 9.17) is 9.47 Å². The number of carbonyl (C=O) groups is 1. The highest BCUT2D eigenvalue weighted by Crippen LogP contribution is 2.55. The Labute approximate surface area is 638 Å². The fraction of sp³-hybridized carbons (Fsp3) is 0.194. The monoisotopic (exact) mass is 1440 g/mol. The number of ether oxygens (including phenoxy) is 2. The summed E-state index contributed by atoms with van der Waals surface area (Å²) in [5.74, 6) is -3.06. The second kappa shape index (κ2) is 28.8. The van der Waals surface area contributed by atoms with Crippen LogP contribution in [0.25, 0.3) is 44.5 Å². The molecule has 0 aromatic heterocycles. The van der Waals surface area contributed by atoms with Gasteiger partial charge in [-0.05, 0) is 186 Å². The van der Waals surface area contributed by atoms with E-state index in [1.54, 1.807) is 97.1 Å². The molecule has 11 heteroatoms. The number of phenolic OH excluding ortho intramolecular Hbond substituents is 6. The van der Waals surface area contributed by atoms with Crippen LogP contribution in [0.4, 0.5) is 0 Å². The molecule has 13 rings (SSSR count). The number of aromatic carboxylic acids is 1. The highest BCUT2D eigenvalue weighted by atomic mass is 16.8. The summed E-state index contributed by atoms with van der Waals surface area (Å²) < 4.78 is 14.9. The predicted molar refractivity (Wildman–Crippen MR) is 435 cm³/mol. The molecular formula is C98H92O11. The standard InChI is InChI=1S/C98H92O11/c1-92(2,69-29-45-77(99)46-30-69)65-21-13-61(14-22-65)85-87(63-17-25-67(26-18-63)94(5,6)71-33-49-79(101)50-34-71)90(98(107,108-83-57-41-75(42-58-83)96(9,10)73-37-53-81(103)54-38-73)109-84-59-43-76(44-60-84)97(11,12)74-39-55-82(104)56-40-74)88(64-19-27-68(28-20-64)95(7,8)72-35-51-80(102)52-36-72)86(89(85)91(105)106)62-15-23-66(24-16-62)93(3,4)70-31-47-78(100)48-32-70/h13-60,99-104,107H,1-12H3,(H,105,106). The van der Waals surface area contributed by atoms with Gasteiger partial charge in [-0.3, -0.25) is 0 Å². The van der Waals surface area contributed by atoms with Crippen molar-refractivity contribution in [1.82, 2.24) is 0 Å². The van der Waals surface area contributed by atoms with Gasteiger partial charge in [-0.15, -0.1) is 0 Å². The van der Waals surface area contributed by atoms with Crippen LogP contribution in [0, 0.1) is 0 Å². The molecule has 0 spiro atoms. The van der Waals surface area contributed by atoms with Crippen molar-refractivity contribution < 1.29 is 55.1 Å². The molecule has 0 heterocycles. The molecule has 0 fully saturated rings. The molecule has 0 amide bonds. The van der Waals surface area contributed by atoms with E-state index in [2.05, 4.69) is 83.1 Å². The molecule has 0 aliphatic rings. The average Bonchev–Trinajstić information content (AvgIpc) is 0.705. The SMILES string of the molecule is CC(C)(c1ccc(O)cc1)c1ccc(OC(O)(Oc2ccc(C(C)(C)c3ccc(O)cc3)cc2)c2c(-c3ccc(C(C)(C)c4ccc(O)cc4)cc3)c(-c3ccc(C(C)(C)c4ccc(O)cc4)cc3)c(C(=O)O)c(-c3ccc(C(C)(C)c4ccc(O)cc4)cc3)c2-c2ccc(C(C)(C)c3ccc(O)cc3)cc2)cc1. The van der Waals surface area contributed by atoms with E-state index in [1.807, 2.05) is 194 Å². The van der Waals surface area contributed by atoms with Gasteiger partial charge in [-0.2, -0.15) is 0 Å². The summed E-state index contributed by atoms with van der Waals surface area (Å²) in [7, 11) is 0. The summed E-state index contributed by atoms with van der Waals surface area (Å²) >= 11 is 0. The Morgan fingerprint density at radius 3 is 0.541 bits per heavy atom. The minimum Gasteiger partial charge on any atom is -0.508 e. The summed E-state index contributed by atoms with van der Waals surface area (Å²) in [6.45, 7) is 25.1. The largest absolute Gasteiger partial charge is 0.508 e. The Hall–Kier alpha value is -12.3. The zero-order chi connectivity index (χ0) is 77.8. The number of aliphatic hydroxyl groups is 1. The third kappa shape index (κ3) is 14.6. The quantitative estimate of drug-likeness (QED) is 0.0301. The third-order valence-electron chi connectivity index (χ3n) is 22.8. The molecule has 13 aromatic carbocycles. The number of hydrogen-bond donors (Lipinski definition) is 8. The first kappa shape index (κ1) is 74.9. The second-order valence-electron chi connectivity index (χ2n) is 31.7. The van der Waals surface area contributed by atoms with Crippen LogP contribution < -0.4 is 9.47 Å². The topological polar surface area (TPSA) is 197 Å². The summed E-state index contributed by atoms with van der Waals surface area (Å²) in [5.41, 5.74) is 9.98. The lowest BCUT2D eigenvalue weighted by molar-refractivity contribution is -0.283. The summed E-state index contributed by atoms with van der Waals surface area (Å²) in [4.78, 5) is 15.7. The molecule has 0 aliphatic heterocycles. The minimum atomic E-state index is -2.94. The van der Waals surface area contributed by atoms with Crippen LogP contribution in [0.2, 0.25) is 0 Å². The molecule has 0 saturated carbocycles. The second-order valence-corrected chi connectivity index (χ2v) is 31.7. The Kier molecular flexibility index (Phi) is 19.8. The van der Waals surface area contributed by atoms with E-state index in [0.29, 0.717) is 22.3 Å². The van der Waals surface area contributed by atoms with Gasteiger partial charge in [0.25, 0.3) is 0 Å². The first-order valence-corrected chi connectivity index (χ1v) is 36.7. The summed E-state index contributed by atoms with van der Waals surface area (Å²) in [6, 6.07) is 88.9. The van der Waals surface area contributed by atoms with Crippen LogP contribution in [0.1, 0.15) is 166 Å². The van der Waals surface area contributed by atoms with E-state index >= 15 is 9.90 Å². The number of benzene rings is 13. The third-order valence-corrected chi connectivity index (χ3v) is 22.8. The number of carboxylic acid groups (broad SMARTS) is 1. The molecular weight excluding hydrogens is 1350 g/mol. The molecule has 109 heavy (non-hydrogen) atoms. The van der Waals surface area contributed by atoms with Crippen molar-refractivity contribution in [1.29, 1.82) is 0 Å². The molecule has 0 aliphatic carbocycles. The Bertz CT molecular complexity index is 5080. The van der Waals surface area contributed by atoms with Gasteiger partial charge in [-0.25, -0.2) is 4.79 Å². The summed E-state index contributed by atoms with van der Waals surface area (Å²) in [5, 5.41) is 90.8. The smallest absolute Gasteiger partial charge is 0.400 e. The molecule has 0 bridgehead atoms. The molecule has 0 atom stereocenters. The predicted octanol–water partition coefficient (Wildman–Crippen LogP) is 22.5. The number of phenols is 6. The van der Waals surface area contributed by atoms with Crippen molar-refractivity contribution in [2.75, 3.05) is 0 Å². The highest BCUT2D eigenvalue weighted by Gasteiger charge is 2.46. The van der Waals surface area contributed by atoms with E-state index < -0.39 is 44.4 Å². The lowest BCUT2D eigenvalue weighted by Gasteiger charge is -2.36. The van der Waals surface area contributed by atoms with Crippen molar-refractivity contribution >= 4 is 5.97 Å². The lowest BCUT2D eigenvalue weighted by Crippen LogP contribution is -2.41. The summed E-state index contributed by atoms with van der Waals surface area (Å²) in [6.07, 6.45) is 0. The van der Waals surface area contributed by atoms with Gasteiger partial charge in [0.1, 0.15) is 46.0 Å². The first-order valence-electron chi connectivity index (χ1n) is 36.7. The first-order chi connectivity index (χ1) is 51.7. The molecule has 13 aromatic rings. The Morgan fingerprint density at radius 1 is 0.229 bits per heavy atom. The lowest BCUT2D eigenvalue weighted by atomic mass is 9.73. The van der Waals surface area contributed by atoms with Crippen LogP contribution in [0.3, 0.4) is 0 Å². The molecule has 0 saturated heterocycles. The number of aromatic hydroxyl groups is 6. The van der Waals surface area contributed by atoms with Gasteiger partial charge in [0.05, 0.1) is 11.1 Å². The van der Waals surface area contributed by atoms with Gasteiger partial charge in [0.2, 0.25) is 0 Å². The van der Waals surface area contributed by atoms with Crippen molar-refractivity contribution in [2.24, 2.45) is 0 Å². The molecule has 0 unspecified atom stereocenters. The van der Waals surface area contributed by atoms with Gasteiger partial charge < -0.3 is 50.3 Å². The molecule has 8 N–H and O–H groups in total. The maximum absolute atomic E-state index is 15.7. The Balaban J connectivity index is 1.17. The van der Waals surface area contributed by atoms with Crippen molar-refractivity contribution in [3.05, 3.63) is 369 Å². The number of carboxylic acids is 1. The maximum Gasteiger partial charge on any atom is 0.400 e. The van der Waals surface area contributed by atoms with Crippen LogP contribution >= 0.6 is 0 Å². The zero-order valence-corrected chi connectivity index (χ0v) is 63.5. The minimum absolute atomic E-state index is 0.0441. The van der Waals surface area contributed by atoms with E-state index in [0.717, 1.165) is 66.8 Å². The van der Waals surface area contributed by atoms with Crippen molar-refractivity contribution in [3.8, 4) is 90.5 Å². The molecule has 11 nitrogen and oxygen atoms in total.